The van der Waals surface area contributed by atoms with Crippen molar-refractivity contribution in [3.63, 3.8) is 0 Å². The number of rotatable bonds is 3. The lowest BCUT2D eigenvalue weighted by Gasteiger charge is -2.27. The number of amides is 1. The Morgan fingerprint density at radius 3 is 2.39 bits per heavy atom. The van der Waals surface area contributed by atoms with Crippen LogP contribution in [0.2, 0.25) is 10.0 Å². The van der Waals surface area contributed by atoms with Crippen LogP contribution in [0.4, 0.5) is 5.69 Å². The zero-order valence-electron chi connectivity index (χ0n) is 9.11. The lowest BCUT2D eigenvalue weighted by Crippen LogP contribution is -2.48. The molecule has 3 nitrogen and oxygen atoms in total. The molecule has 1 aromatic carbocycles. The SMILES string of the molecule is CC(=O)N[C@@H](Nc1cccc(Cl)c1Cl)C(Cl)(Cl)Cl. The number of hydrogen-bond donors (Lipinski definition) is 2. The predicted molar refractivity (Wildman–Crippen MR) is 78.0 cm³/mol. The Labute approximate surface area is 130 Å². The highest BCUT2D eigenvalue weighted by Gasteiger charge is 2.33. The molecule has 0 saturated carbocycles. The Bertz CT molecular complexity index is 446. The van der Waals surface area contributed by atoms with Crippen LogP contribution in [0.1, 0.15) is 6.92 Å². The lowest BCUT2D eigenvalue weighted by atomic mass is 10.3. The number of nitrogens with one attached hydrogen (secondary N) is 2. The van der Waals surface area contributed by atoms with Gasteiger partial charge in [0.15, 0.2) is 0 Å². The zero-order chi connectivity index (χ0) is 13.9. The first-order valence-electron chi connectivity index (χ1n) is 4.76. The first-order chi connectivity index (χ1) is 8.21. The predicted octanol–water partition coefficient (Wildman–Crippen LogP) is 4.24. The van der Waals surface area contributed by atoms with E-state index >= 15 is 0 Å². The van der Waals surface area contributed by atoms with Crippen molar-refractivity contribution in [1.29, 1.82) is 0 Å². The summed E-state index contributed by atoms with van der Waals surface area (Å²) in [5.41, 5.74) is 0.453. The molecule has 8 heteroatoms. The zero-order valence-corrected chi connectivity index (χ0v) is 12.9. The van der Waals surface area contributed by atoms with Crippen LogP contribution < -0.4 is 10.6 Å². The average molecular weight is 350 g/mol. The van der Waals surface area contributed by atoms with Crippen LogP contribution in [0.15, 0.2) is 18.2 Å². The lowest BCUT2D eigenvalue weighted by molar-refractivity contribution is -0.119. The van der Waals surface area contributed by atoms with Crippen LogP contribution >= 0.6 is 58.0 Å². The molecule has 2 N–H and O–H groups in total. The number of alkyl halides is 3. The first kappa shape index (κ1) is 16.0. The monoisotopic (exact) mass is 348 g/mol. The minimum Gasteiger partial charge on any atom is -0.361 e. The first-order valence-corrected chi connectivity index (χ1v) is 6.65. The Hall–Kier alpha value is -0.0600. The van der Waals surface area contributed by atoms with Gasteiger partial charge in [0.25, 0.3) is 0 Å². The van der Waals surface area contributed by atoms with E-state index in [1.807, 2.05) is 0 Å². The van der Waals surface area contributed by atoms with Crippen molar-refractivity contribution in [2.24, 2.45) is 0 Å². The maximum absolute atomic E-state index is 11.1. The fraction of sp³-hybridized carbons (Fsp3) is 0.300. The summed E-state index contributed by atoms with van der Waals surface area (Å²) in [7, 11) is 0. The Morgan fingerprint density at radius 2 is 1.89 bits per heavy atom. The highest BCUT2D eigenvalue weighted by atomic mass is 35.6. The largest absolute Gasteiger partial charge is 0.361 e. The highest BCUT2D eigenvalue weighted by molar-refractivity contribution is 6.68. The molecule has 0 unspecified atom stereocenters. The molecule has 0 heterocycles. The van der Waals surface area contributed by atoms with E-state index in [4.69, 9.17) is 58.0 Å². The number of carbonyl (C=O) groups is 1. The van der Waals surface area contributed by atoms with Gasteiger partial charge in [0.1, 0.15) is 6.17 Å². The van der Waals surface area contributed by atoms with Crippen LogP contribution in [-0.4, -0.2) is 15.9 Å². The van der Waals surface area contributed by atoms with Gasteiger partial charge in [-0.2, -0.15) is 0 Å². The molecular formula is C10H9Cl5N2O. The molecule has 0 bridgehead atoms. The van der Waals surface area contributed by atoms with Crippen molar-refractivity contribution in [2.75, 3.05) is 5.32 Å². The minimum atomic E-state index is -1.74. The summed E-state index contributed by atoms with van der Waals surface area (Å²) in [5.74, 6) is -0.350. The van der Waals surface area contributed by atoms with E-state index in [2.05, 4.69) is 10.6 Å². The smallest absolute Gasteiger partial charge is 0.228 e. The van der Waals surface area contributed by atoms with E-state index in [0.29, 0.717) is 10.7 Å². The molecule has 1 rings (SSSR count). The van der Waals surface area contributed by atoms with Gasteiger partial charge in [-0.15, -0.1) is 0 Å². The number of anilines is 1. The summed E-state index contributed by atoms with van der Waals surface area (Å²) in [5, 5.41) is 5.92. The van der Waals surface area contributed by atoms with Gasteiger partial charge in [-0.1, -0.05) is 64.1 Å². The van der Waals surface area contributed by atoms with Gasteiger partial charge in [0.05, 0.1) is 15.7 Å². The molecule has 0 aliphatic heterocycles. The maximum Gasteiger partial charge on any atom is 0.228 e. The molecule has 0 spiro atoms. The fourth-order valence-corrected chi connectivity index (χ4v) is 1.86. The van der Waals surface area contributed by atoms with Crippen molar-refractivity contribution in [2.45, 2.75) is 16.9 Å². The molecule has 0 aliphatic carbocycles. The normalized spacial score (nSPS) is 13.0. The summed E-state index contributed by atoms with van der Waals surface area (Å²) in [6, 6.07) is 4.96. The van der Waals surface area contributed by atoms with Gasteiger partial charge < -0.3 is 10.6 Å². The molecular weight excluding hydrogens is 341 g/mol. The van der Waals surface area contributed by atoms with Crippen molar-refractivity contribution in [3.05, 3.63) is 28.2 Å². The van der Waals surface area contributed by atoms with E-state index in [9.17, 15) is 4.79 Å². The molecule has 1 amide bonds. The summed E-state index contributed by atoms with van der Waals surface area (Å²) >= 11 is 29.1. The second-order valence-corrected chi connectivity index (χ2v) is 6.57. The molecule has 100 valence electrons. The molecule has 0 aliphatic rings. The van der Waals surface area contributed by atoms with Gasteiger partial charge in [-0.05, 0) is 12.1 Å². The Morgan fingerprint density at radius 1 is 1.28 bits per heavy atom. The van der Waals surface area contributed by atoms with Crippen LogP contribution in [0, 0.1) is 0 Å². The van der Waals surface area contributed by atoms with Gasteiger partial charge in [0.2, 0.25) is 9.70 Å². The van der Waals surface area contributed by atoms with Crippen molar-refractivity contribution >= 4 is 69.6 Å². The van der Waals surface area contributed by atoms with E-state index < -0.39 is 9.96 Å². The van der Waals surface area contributed by atoms with Gasteiger partial charge in [-0.3, -0.25) is 4.79 Å². The van der Waals surface area contributed by atoms with E-state index in [1.165, 1.54) is 6.92 Å². The van der Waals surface area contributed by atoms with Crippen LogP contribution in [0.25, 0.3) is 0 Å². The minimum absolute atomic E-state index is 0.281. The molecule has 0 radical (unpaired) electrons. The van der Waals surface area contributed by atoms with E-state index in [1.54, 1.807) is 18.2 Å². The summed E-state index contributed by atoms with van der Waals surface area (Å²) in [6.45, 7) is 1.31. The van der Waals surface area contributed by atoms with Gasteiger partial charge in [0, 0.05) is 6.92 Å². The number of hydrogen-bond acceptors (Lipinski definition) is 2. The second kappa shape index (κ2) is 6.40. The Kier molecular flexibility index (Phi) is 5.68. The molecule has 0 saturated heterocycles. The topological polar surface area (TPSA) is 41.1 Å². The Balaban J connectivity index is 2.96. The second-order valence-electron chi connectivity index (χ2n) is 3.42. The van der Waals surface area contributed by atoms with Crippen LogP contribution in [0.5, 0.6) is 0 Å². The van der Waals surface area contributed by atoms with Gasteiger partial charge >= 0.3 is 0 Å². The van der Waals surface area contributed by atoms with Crippen molar-refractivity contribution in [3.8, 4) is 0 Å². The van der Waals surface area contributed by atoms with Crippen molar-refractivity contribution in [1.82, 2.24) is 5.32 Å². The standard InChI is InChI=1S/C10H9Cl5N2O/c1-5(18)16-9(10(13,14)15)17-7-4-2-3-6(11)8(7)12/h2-4,9,17H,1H3,(H,16,18)/t9-/m0/s1. The highest BCUT2D eigenvalue weighted by Crippen LogP contribution is 2.34. The molecule has 1 aromatic rings. The third kappa shape index (κ3) is 4.56. The summed E-state index contributed by atoms with van der Waals surface area (Å²) in [6.07, 6.45) is -0.934. The number of benzene rings is 1. The van der Waals surface area contributed by atoms with E-state index in [-0.39, 0.29) is 10.9 Å². The fourth-order valence-electron chi connectivity index (χ4n) is 1.17. The quantitative estimate of drug-likeness (QED) is 0.632. The van der Waals surface area contributed by atoms with Crippen molar-refractivity contribution < 1.29 is 4.79 Å². The summed E-state index contributed by atoms with van der Waals surface area (Å²) in [4.78, 5) is 11.1. The molecule has 1 atom stereocenters. The molecule has 0 fully saturated rings. The molecule has 0 aromatic heterocycles. The third-order valence-electron chi connectivity index (χ3n) is 1.93. The van der Waals surface area contributed by atoms with Gasteiger partial charge in [-0.25, -0.2) is 0 Å². The number of carbonyl (C=O) groups excluding carboxylic acids is 1. The average Bonchev–Trinajstić information content (AvgIpc) is 2.21. The molecule has 18 heavy (non-hydrogen) atoms. The van der Waals surface area contributed by atoms with E-state index in [0.717, 1.165) is 0 Å². The van der Waals surface area contributed by atoms with Crippen LogP contribution in [-0.2, 0) is 4.79 Å². The third-order valence-corrected chi connectivity index (χ3v) is 3.40. The maximum atomic E-state index is 11.1. The number of halogens is 5. The van der Waals surface area contributed by atoms with Crippen LogP contribution in [0.3, 0.4) is 0 Å². The summed E-state index contributed by atoms with van der Waals surface area (Å²) < 4.78 is -1.74.